The quantitative estimate of drug-likeness (QED) is 0.900. The first-order chi connectivity index (χ1) is 9.94. The van der Waals surface area contributed by atoms with E-state index >= 15 is 0 Å². The molecule has 1 aliphatic heterocycles. The molecule has 0 aromatic heterocycles. The van der Waals surface area contributed by atoms with E-state index in [-0.39, 0.29) is 19.1 Å². The maximum atomic E-state index is 12.0. The predicted molar refractivity (Wildman–Crippen MR) is 73.6 cm³/mol. The molecule has 1 heterocycles. The van der Waals surface area contributed by atoms with E-state index in [1.807, 2.05) is 6.07 Å². The number of rotatable bonds is 4. The third-order valence-corrected chi connectivity index (χ3v) is 3.69. The van der Waals surface area contributed by atoms with Gasteiger partial charge in [-0.15, -0.1) is 0 Å². The van der Waals surface area contributed by atoms with Crippen LogP contribution in [-0.4, -0.2) is 41.6 Å². The monoisotopic (exact) mass is 288 g/mol. The van der Waals surface area contributed by atoms with Gasteiger partial charge in [-0.2, -0.15) is 5.26 Å². The van der Waals surface area contributed by atoms with Crippen molar-refractivity contribution in [3.63, 3.8) is 0 Å². The van der Waals surface area contributed by atoms with Crippen molar-refractivity contribution in [1.29, 1.82) is 5.26 Å². The summed E-state index contributed by atoms with van der Waals surface area (Å²) in [6, 6.07) is 8.46. The van der Waals surface area contributed by atoms with Gasteiger partial charge in [0.05, 0.1) is 17.0 Å². The number of carboxylic acid groups (broad SMARTS) is 1. The lowest BCUT2D eigenvalue weighted by atomic mass is 9.90. The van der Waals surface area contributed by atoms with Crippen LogP contribution in [0.15, 0.2) is 24.3 Å². The minimum absolute atomic E-state index is 0.137. The molecule has 1 aromatic carbocycles. The Morgan fingerprint density at radius 3 is 2.62 bits per heavy atom. The first-order valence-corrected chi connectivity index (χ1v) is 6.59. The van der Waals surface area contributed by atoms with Gasteiger partial charge in [-0.05, 0) is 37.6 Å². The molecular weight excluding hydrogens is 272 g/mol. The van der Waals surface area contributed by atoms with Crippen molar-refractivity contribution in [3.8, 4) is 11.8 Å². The van der Waals surface area contributed by atoms with Crippen molar-refractivity contribution in [2.24, 2.45) is 5.41 Å². The summed E-state index contributed by atoms with van der Waals surface area (Å²) in [7, 11) is 0. The zero-order valence-corrected chi connectivity index (χ0v) is 11.7. The summed E-state index contributed by atoms with van der Waals surface area (Å²) in [4.78, 5) is 24.7. The molecule has 21 heavy (non-hydrogen) atoms. The zero-order valence-electron chi connectivity index (χ0n) is 11.7. The molecule has 1 saturated heterocycles. The summed E-state index contributed by atoms with van der Waals surface area (Å²) < 4.78 is 5.36. The number of carboxylic acids is 1. The number of carbonyl (C=O) groups is 2. The Morgan fingerprint density at radius 1 is 1.43 bits per heavy atom. The van der Waals surface area contributed by atoms with Crippen LogP contribution in [0, 0.1) is 16.7 Å². The van der Waals surface area contributed by atoms with Crippen LogP contribution >= 0.6 is 0 Å². The summed E-state index contributed by atoms with van der Waals surface area (Å²) in [5.74, 6) is -0.613. The molecule has 110 valence electrons. The molecule has 1 amide bonds. The Hall–Kier alpha value is -2.55. The lowest BCUT2D eigenvalue weighted by molar-refractivity contribution is -0.147. The fraction of sp³-hybridized carbons (Fsp3) is 0.400. The Labute approximate surface area is 122 Å². The minimum atomic E-state index is -0.884. The molecule has 1 fully saturated rings. The Bertz CT molecular complexity index is 591. The number of amides is 1. The van der Waals surface area contributed by atoms with Gasteiger partial charge in [0.25, 0.3) is 5.91 Å². The van der Waals surface area contributed by atoms with Crippen LogP contribution in [0.1, 0.15) is 18.9 Å². The summed E-state index contributed by atoms with van der Waals surface area (Å²) >= 11 is 0. The lowest BCUT2D eigenvalue weighted by Gasteiger charge is -2.20. The van der Waals surface area contributed by atoms with Crippen LogP contribution in [0.5, 0.6) is 5.75 Å². The van der Waals surface area contributed by atoms with Crippen LogP contribution in [0.25, 0.3) is 0 Å². The highest BCUT2D eigenvalue weighted by molar-refractivity contribution is 5.81. The van der Waals surface area contributed by atoms with Crippen molar-refractivity contribution in [1.82, 2.24) is 4.90 Å². The Morgan fingerprint density at radius 2 is 2.10 bits per heavy atom. The molecule has 6 nitrogen and oxygen atoms in total. The fourth-order valence-corrected chi connectivity index (χ4v) is 2.21. The Balaban J connectivity index is 1.88. The van der Waals surface area contributed by atoms with Gasteiger partial charge >= 0.3 is 5.97 Å². The molecule has 1 N–H and O–H groups in total. The highest BCUT2D eigenvalue weighted by Gasteiger charge is 2.42. The third-order valence-electron chi connectivity index (χ3n) is 3.69. The van der Waals surface area contributed by atoms with Gasteiger partial charge in [0.2, 0.25) is 0 Å². The maximum absolute atomic E-state index is 12.0. The van der Waals surface area contributed by atoms with E-state index in [9.17, 15) is 9.59 Å². The number of carbonyl (C=O) groups excluding carboxylic acids is 1. The smallest absolute Gasteiger partial charge is 0.311 e. The summed E-state index contributed by atoms with van der Waals surface area (Å²) in [6.45, 7) is 2.14. The Kier molecular flexibility index (Phi) is 4.13. The van der Waals surface area contributed by atoms with Gasteiger partial charge in [0.15, 0.2) is 6.61 Å². The molecule has 1 aliphatic rings. The van der Waals surface area contributed by atoms with Gasteiger partial charge in [-0.25, -0.2) is 0 Å². The molecule has 0 saturated carbocycles. The van der Waals surface area contributed by atoms with Crippen molar-refractivity contribution >= 4 is 11.9 Å². The average molecular weight is 288 g/mol. The SMILES string of the molecule is CC1(C(=O)O)CCN(C(=O)COc2ccc(C#N)cc2)C1. The van der Waals surface area contributed by atoms with Crippen LogP contribution in [0.4, 0.5) is 0 Å². The minimum Gasteiger partial charge on any atom is -0.484 e. The van der Waals surface area contributed by atoms with Crippen LogP contribution in [0.2, 0.25) is 0 Å². The molecule has 0 aliphatic carbocycles. The van der Waals surface area contributed by atoms with E-state index in [0.29, 0.717) is 24.3 Å². The van der Waals surface area contributed by atoms with Crippen molar-refractivity contribution < 1.29 is 19.4 Å². The second-order valence-electron chi connectivity index (χ2n) is 5.36. The van der Waals surface area contributed by atoms with E-state index in [2.05, 4.69) is 0 Å². The van der Waals surface area contributed by atoms with E-state index in [4.69, 9.17) is 15.1 Å². The van der Waals surface area contributed by atoms with Gasteiger partial charge in [-0.3, -0.25) is 9.59 Å². The van der Waals surface area contributed by atoms with Crippen LogP contribution in [0.3, 0.4) is 0 Å². The molecule has 1 unspecified atom stereocenters. The second kappa shape index (κ2) is 5.83. The molecule has 0 bridgehead atoms. The van der Waals surface area contributed by atoms with Crippen molar-refractivity contribution in [2.45, 2.75) is 13.3 Å². The van der Waals surface area contributed by atoms with E-state index < -0.39 is 11.4 Å². The van der Waals surface area contributed by atoms with E-state index in [1.54, 1.807) is 31.2 Å². The molecule has 2 rings (SSSR count). The summed E-state index contributed by atoms with van der Waals surface area (Å²) in [5.41, 5.74) is -0.352. The molecule has 1 atom stereocenters. The van der Waals surface area contributed by atoms with Crippen molar-refractivity contribution in [2.75, 3.05) is 19.7 Å². The number of likely N-dealkylation sites (tertiary alicyclic amines) is 1. The number of ether oxygens (including phenoxy) is 1. The summed E-state index contributed by atoms with van der Waals surface area (Å²) in [6.07, 6.45) is 0.449. The fourth-order valence-electron chi connectivity index (χ4n) is 2.21. The first kappa shape index (κ1) is 14.9. The number of nitrogens with zero attached hydrogens (tertiary/aromatic N) is 2. The van der Waals surface area contributed by atoms with E-state index in [1.165, 1.54) is 4.90 Å². The highest BCUT2D eigenvalue weighted by Crippen LogP contribution is 2.30. The lowest BCUT2D eigenvalue weighted by Crippen LogP contribution is -2.37. The zero-order chi connectivity index (χ0) is 15.5. The second-order valence-corrected chi connectivity index (χ2v) is 5.36. The standard InChI is InChI=1S/C15H16N2O4/c1-15(14(19)20)6-7-17(10-15)13(18)9-21-12-4-2-11(8-16)3-5-12/h2-5H,6-7,9-10H2,1H3,(H,19,20). The molecule has 1 aromatic rings. The number of hydrogen-bond acceptors (Lipinski definition) is 4. The summed E-state index contributed by atoms with van der Waals surface area (Å²) in [5, 5.41) is 17.8. The molecule has 0 spiro atoms. The predicted octanol–water partition coefficient (Wildman–Crippen LogP) is 1.26. The number of aliphatic carboxylic acids is 1. The van der Waals surface area contributed by atoms with Crippen molar-refractivity contribution in [3.05, 3.63) is 29.8 Å². The topological polar surface area (TPSA) is 90.6 Å². The number of benzene rings is 1. The van der Waals surface area contributed by atoms with Gasteiger partial charge in [0, 0.05) is 13.1 Å². The normalized spacial score (nSPS) is 20.9. The number of hydrogen-bond donors (Lipinski definition) is 1. The molecular formula is C15H16N2O4. The van der Waals surface area contributed by atoms with Gasteiger partial charge in [0.1, 0.15) is 5.75 Å². The molecule has 0 radical (unpaired) electrons. The third kappa shape index (κ3) is 3.31. The van der Waals surface area contributed by atoms with E-state index in [0.717, 1.165) is 0 Å². The van der Waals surface area contributed by atoms with Crippen LogP contribution in [-0.2, 0) is 9.59 Å². The maximum Gasteiger partial charge on any atom is 0.311 e. The number of nitriles is 1. The average Bonchev–Trinajstić information content (AvgIpc) is 2.89. The highest BCUT2D eigenvalue weighted by atomic mass is 16.5. The van der Waals surface area contributed by atoms with Crippen LogP contribution < -0.4 is 4.74 Å². The van der Waals surface area contributed by atoms with Gasteiger partial charge < -0.3 is 14.7 Å². The van der Waals surface area contributed by atoms with Gasteiger partial charge in [-0.1, -0.05) is 0 Å². The molecule has 6 heteroatoms. The first-order valence-electron chi connectivity index (χ1n) is 6.59. The largest absolute Gasteiger partial charge is 0.484 e.